The SMILES string of the molecule is COC(=O)C1COCCN1C(=O)Nc1cccc(C#N)c1. The van der Waals surface area contributed by atoms with Crippen LogP contribution in [0, 0.1) is 11.3 Å². The van der Waals surface area contributed by atoms with E-state index < -0.39 is 18.0 Å². The van der Waals surface area contributed by atoms with Crippen LogP contribution in [-0.4, -0.2) is 49.8 Å². The van der Waals surface area contributed by atoms with Gasteiger partial charge in [-0.25, -0.2) is 9.59 Å². The second-order valence-electron chi connectivity index (χ2n) is 4.43. The highest BCUT2D eigenvalue weighted by Gasteiger charge is 2.33. The summed E-state index contributed by atoms with van der Waals surface area (Å²) >= 11 is 0. The van der Waals surface area contributed by atoms with E-state index in [4.69, 9.17) is 10.00 Å². The topological polar surface area (TPSA) is 91.7 Å². The van der Waals surface area contributed by atoms with Crippen molar-refractivity contribution in [3.63, 3.8) is 0 Å². The normalized spacial score (nSPS) is 17.7. The summed E-state index contributed by atoms with van der Waals surface area (Å²) in [5.41, 5.74) is 0.938. The second kappa shape index (κ2) is 6.72. The number of morpholine rings is 1. The molecule has 2 rings (SSSR count). The van der Waals surface area contributed by atoms with Gasteiger partial charge in [0.1, 0.15) is 0 Å². The number of carbonyl (C=O) groups excluding carboxylic acids is 2. The Kier molecular flexibility index (Phi) is 4.74. The van der Waals surface area contributed by atoms with E-state index in [1.54, 1.807) is 24.3 Å². The number of nitrogens with one attached hydrogen (secondary N) is 1. The third-order valence-electron chi connectivity index (χ3n) is 3.11. The molecule has 1 aromatic carbocycles. The number of nitrogens with zero attached hydrogens (tertiary/aromatic N) is 2. The maximum atomic E-state index is 12.3. The van der Waals surface area contributed by atoms with Gasteiger partial charge in [0.15, 0.2) is 6.04 Å². The molecular weight excluding hydrogens is 274 g/mol. The zero-order chi connectivity index (χ0) is 15.2. The predicted octanol–water partition coefficient (Wildman–Crippen LogP) is 0.964. The maximum Gasteiger partial charge on any atom is 0.331 e. The first kappa shape index (κ1) is 14.8. The Morgan fingerprint density at radius 3 is 3.05 bits per heavy atom. The Bertz CT molecular complexity index is 582. The minimum absolute atomic E-state index is 0.109. The molecule has 1 unspecified atom stereocenters. The highest BCUT2D eigenvalue weighted by Crippen LogP contribution is 2.14. The third kappa shape index (κ3) is 3.49. The molecule has 1 aromatic rings. The first-order chi connectivity index (χ1) is 10.2. The van der Waals surface area contributed by atoms with Crippen LogP contribution in [0.2, 0.25) is 0 Å². The van der Waals surface area contributed by atoms with Gasteiger partial charge in [-0.2, -0.15) is 5.26 Å². The summed E-state index contributed by atoms with van der Waals surface area (Å²) in [4.78, 5) is 25.3. The van der Waals surface area contributed by atoms with Crippen LogP contribution in [-0.2, 0) is 14.3 Å². The van der Waals surface area contributed by atoms with Gasteiger partial charge in [-0.15, -0.1) is 0 Å². The van der Waals surface area contributed by atoms with Crippen LogP contribution in [0.3, 0.4) is 0 Å². The van der Waals surface area contributed by atoms with Crippen molar-refractivity contribution in [3.8, 4) is 6.07 Å². The van der Waals surface area contributed by atoms with Gasteiger partial charge in [0, 0.05) is 12.2 Å². The van der Waals surface area contributed by atoms with Crippen LogP contribution in [0.4, 0.5) is 10.5 Å². The van der Waals surface area contributed by atoms with Gasteiger partial charge < -0.3 is 19.7 Å². The van der Waals surface area contributed by atoms with Crippen molar-refractivity contribution in [2.75, 3.05) is 32.2 Å². The van der Waals surface area contributed by atoms with Gasteiger partial charge in [-0.3, -0.25) is 0 Å². The second-order valence-corrected chi connectivity index (χ2v) is 4.43. The standard InChI is InChI=1S/C14H15N3O4/c1-20-13(18)12-9-21-6-5-17(12)14(19)16-11-4-2-3-10(7-11)8-15/h2-4,7,12H,5-6,9H2,1H3,(H,16,19). The minimum atomic E-state index is -0.761. The zero-order valence-electron chi connectivity index (χ0n) is 11.5. The van der Waals surface area contributed by atoms with Gasteiger partial charge in [0.2, 0.25) is 0 Å². The lowest BCUT2D eigenvalue weighted by Crippen LogP contribution is -2.54. The number of carbonyl (C=O) groups is 2. The molecule has 2 amide bonds. The molecular formula is C14H15N3O4. The fourth-order valence-electron chi connectivity index (χ4n) is 2.04. The van der Waals surface area contributed by atoms with Crippen molar-refractivity contribution in [2.45, 2.75) is 6.04 Å². The molecule has 0 bridgehead atoms. The molecule has 1 atom stereocenters. The molecule has 7 nitrogen and oxygen atoms in total. The Morgan fingerprint density at radius 1 is 1.52 bits per heavy atom. The average molecular weight is 289 g/mol. The molecule has 0 radical (unpaired) electrons. The van der Waals surface area contributed by atoms with Crippen molar-refractivity contribution < 1.29 is 19.1 Å². The van der Waals surface area contributed by atoms with Gasteiger partial charge in [0.05, 0.1) is 32.0 Å². The van der Waals surface area contributed by atoms with E-state index in [0.717, 1.165) is 0 Å². The van der Waals surface area contributed by atoms with E-state index >= 15 is 0 Å². The maximum absolute atomic E-state index is 12.3. The lowest BCUT2D eigenvalue weighted by molar-refractivity contribution is -0.150. The summed E-state index contributed by atoms with van der Waals surface area (Å²) < 4.78 is 9.88. The molecule has 1 aliphatic heterocycles. The summed E-state index contributed by atoms with van der Waals surface area (Å²) in [5.74, 6) is -0.518. The molecule has 1 heterocycles. The number of rotatable bonds is 2. The molecule has 1 saturated heterocycles. The number of benzene rings is 1. The molecule has 0 aromatic heterocycles. The highest BCUT2D eigenvalue weighted by molar-refractivity contribution is 5.93. The number of methoxy groups -OCH3 is 1. The Labute approximate surface area is 122 Å². The summed E-state index contributed by atoms with van der Waals surface area (Å²) in [6, 6.07) is 7.36. The van der Waals surface area contributed by atoms with Crippen molar-refractivity contribution in [3.05, 3.63) is 29.8 Å². The van der Waals surface area contributed by atoms with Gasteiger partial charge >= 0.3 is 12.0 Å². The highest BCUT2D eigenvalue weighted by atomic mass is 16.5. The molecule has 0 aliphatic carbocycles. The summed E-state index contributed by atoms with van der Waals surface area (Å²) in [6.45, 7) is 0.765. The first-order valence-corrected chi connectivity index (χ1v) is 6.39. The van der Waals surface area contributed by atoms with Gasteiger partial charge in [-0.1, -0.05) is 6.07 Å². The van der Waals surface area contributed by atoms with Crippen molar-refractivity contribution in [1.29, 1.82) is 5.26 Å². The zero-order valence-corrected chi connectivity index (χ0v) is 11.5. The van der Waals surface area contributed by atoms with Crippen LogP contribution in [0.1, 0.15) is 5.56 Å². The number of hydrogen-bond donors (Lipinski definition) is 1. The van der Waals surface area contributed by atoms with Crippen LogP contribution in [0.5, 0.6) is 0 Å². The van der Waals surface area contributed by atoms with E-state index in [1.807, 2.05) is 6.07 Å². The van der Waals surface area contributed by atoms with Crippen molar-refractivity contribution >= 4 is 17.7 Å². The van der Waals surface area contributed by atoms with E-state index in [0.29, 0.717) is 24.4 Å². The largest absolute Gasteiger partial charge is 0.467 e. The van der Waals surface area contributed by atoms with Crippen molar-refractivity contribution in [2.24, 2.45) is 0 Å². The van der Waals surface area contributed by atoms with Gasteiger partial charge in [-0.05, 0) is 18.2 Å². The number of anilines is 1. The number of ether oxygens (including phenoxy) is 2. The van der Waals surface area contributed by atoms with Crippen LogP contribution in [0.15, 0.2) is 24.3 Å². The lowest BCUT2D eigenvalue weighted by atomic mass is 10.2. The van der Waals surface area contributed by atoms with E-state index in [-0.39, 0.29) is 6.61 Å². The average Bonchev–Trinajstić information content (AvgIpc) is 2.54. The molecule has 21 heavy (non-hydrogen) atoms. The van der Waals surface area contributed by atoms with Crippen LogP contribution < -0.4 is 5.32 Å². The summed E-state index contributed by atoms with van der Waals surface area (Å²) in [7, 11) is 1.27. The van der Waals surface area contributed by atoms with Crippen molar-refractivity contribution in [1.82, 2.24) is 4.90 Å². The molecule has 1 N–H and O–H groups in total. The number of amides is 2. The summed E-state index contributed by atoms with van der Waals surface area (Å²) in [5, 5.41) is 11.5. The number of urea groups is 1. The fraction of sp³-hybridized carbons (Fsp3) is 0.357. The Balaban J connectivity index is 2.10. The fourth-order valence-corrected chi connectivity index (χ4v) is 2.04. The minimum Gasteiger partial charge on any atom is -0.467 e. The Hall–Kier alpha value is -2.59. The van der Waals surface area contributed by atoms with Crippen LogP contribution in [0.25, 0.3) is 0 Å². The van der Waals surface area contributed by atoms with Crippen LogP contribution >= 0.6 is 0 Å². The molecule has 7 heteroatoms. The van der Waals surface area contributed by atoms with E-state index in [2.05, 4.69) is 10.1 Å². The molecule has 1 fully saturated rings. The summed E-state index contributed by atoms with van der Waals surface area (Å²) in [6.07, 6.45) is 0. The number of esters is 1. The third-order valence-corrected chi connectivity index (χ3v) is 3.11. The predicted molar refractivity (Wildman–Crippen MR) is 73.5 cm³/mol. The number of nitriles is 1. The van der Waals surface area contributed by atoms with Gasteiger partial charge in [0.25, 0.3) is 0 Å². The molecule has 0 saturated carbocycles. The number of hydrogen-bond acceptors (Lipinski definition) is 5. The lowest BCUT2D eigenvalue weighted by Gasteiger charge is -2.33. The molecule has 110 valence electrons. The molecule has 1 aliphatic rings. The Morgan fingerprint density at radius 2 is 2.33 bits per heavy atom. The first-order valence-electron chi connectivity index (χ1n) is 6.39. The smallest absolute Gasteiger partial charge is 0.331 e. The quantitative estimate of drug-likeness (QED) is 0.819. The molecule has 0 spiro atoms. The van der Waals surface area contributed by atoms with E-state index in [9.17, 15) is 9.59 Å². The monoisotopic (exact) mass is 289 g/mol. The van der Waals surface area contributed by atoms with E-state index in [1.165, 1.54) is 12.0 Å².